The molecule has 0 radical (unpaired) electrons. The second-order valence-electron chi connectivity index (χ2n) is 8.17. The highest BCUT2D eigenvalue weighted by Gasteiger charge is 2.21. The Hall–Kier alpha value is -1.86. The number of halogens is 4. The number of carbonyl (C=O) groups is 2. The number of benzene rings is 2. The van der Waals surface area contributed by atoms with Gasteiger partial charge in [0.1, 0.15) is 11.5 Å². The van der Waals surface area contributed by atoms with Crippen LogP contribution in [-0.4, -0.2) is 61.0 Å². The number of hydrogen-bond acceptors (Lipinski definition) is 4. The van der Waals surface area contributed by atoms with Crippen molar-refractivity contribution in [2.45, 2.75) is 32.1 Å². The van der Waals surface area contributed by atoms with Crippen LogP contribution in [0.4, 0.5) is 0 Å². The lowest BCUT2D eigenvalue weighted by Gasteiger charge is -2.22. The van der Waals surface area contributed by atoms with Crippen LogP contribution in [0.2, 0.25) is 20.1 Å². The molecule has 0 spiro atoms. The van der Waals surface area contributed by atoms with Crippen molar-refractivity contribution in [1.29, 1.82) is 0 Å². The summed E-state index contributed by atoms with van der Waals surface area (Å²) in [5.41, 5.74) is 0. The lowest BCUT2D eigenvalue weighted by molar-refractivity contribution is -0.133. The molecule has 0 unspecified atom stereocenters. The van der Waals surface area contributed by atoms with Gasteiger partial charge < -0.3 is 19.3 Å². The van der Waals surface area contributed by atoms with Gasteiger partial charge in [0.2, 0.25) is 11.8 Å². The zero-order valence-electron chi connectivity index (χ0n) is 19.3. The van der Waals surface area contributed by atoms with Crippen molar-refractivity contribution in [1.82, 2.24) is 9.80 Å². The summed E-state index contributed by atoms with van der Waals surface area (Å²) in [6, 6.07) is 10.1. The van der Waals surface area contributed by atoms with E-state index in [2.05, 4.69) is 0 Å². The molecule has 0 N–H and O–H groups in total. The second-order valence-corrected chi connectivity index (χ2v) is 9.86. The Bertz CT molecular complexity index is 941. The van der Waals surface area contributed by atoms with Crippen LogP contribution in [0.25, 0.3) is 0 Å². The molecule has 1 heterocycles. The predicted octanol–water partition coefficient (Wildman–Crippen LogP) is 6.38. The zero-order chi connectivity index (χ0) is 25.2. The van der Waals surface area contributed by atoms with Gasteiger partial charge in [-0.3, -0.25) is 9.59 Å². The van der Waals surface area contributed by atoms with Crippen molar-refractivity contribution in [2.24, 2.45) is 0 Å². The summed E-state index contributed by atoms with van der Waals surface area (Å²) in [6.07, 6.45) is 2.67. The first kappa shape index (κ1) is 27.7. The monoisotopic (exact) mass is 560 g/mol. The van der Waals surface area contributed by atoms with Crippen LogP contribution in [0.5, 0.6) is 11.5 Å². The fourth-order valence-electron chi connectivity index (χ4n) is 3.73. The van der Waals surface area contributed by atoms with Crippen molar-refractivity contribution in [2.75, 3.05) is 39.4 Å². The quantitative estimate of drug-likeness (QED) is 0.316. The number of carbonyl (C=O) groups excluding carboxylic acids is 2. The van der Waals surface area contributed by atoms with Crippen molar-refractivity contribution >= 4 is 58.2 Å². The topological polar surface area (TPSA) is 59.1 Å². The zero-order valence-corrected chi connectivity index (χ0v) is 22.3. The van der Waals surface area contributed by atoms with Crippen molar-refractivity contribution in [3.63, 3.8) is 0 Å². The molecule has 2 aromatic rings. The fourth-order valence-corrected chi connectivity index (χ4v) is 4.65. The lowest BCUT2D eigenvalue weighted by atomic mass is 10.2. The number of ether oxygens (including phenoxy) is 2. The van der Waals surface area contributed by atoms with Crippen LogP contribution < -0.4 is 9.47 Å². The van der Waals surface area contributed by atoms with E-state index in [0.717, 1.165) is 6.42 Å². The third kappa shape index (κ3) is 8.94. The Balaban J connectivity index is 1.33. The van der Waals surface area contributed by atoms with Crippen LogP contribution in [0.1, 0.15) is 32.1 Å². The molecular weight excluding hydrogens is 534 g/mol. The Morgan fingerprint density at radius 1 is 0.686 bits per heavy atom. The Morgan fingerprint density at radius 2 is 1.11 bits per heavy atom. The van der Waals surface area contributed by atoms with Crippen LogP contribution in [0.15, 0.2) is 36.4 Å². The third-order valence-corrected chi connectivity index (χ3v) is 6.64. The molecule has 2 amide bonds. The average Bonchev–Trinajstić information content (AvgIpc) is 3.08. The molecule has 6 nitrogen and oxygen atoms in total. The Morgan fingerprint density at radius 3 is 1.51 bits per heavy atom. The summed E-state index contributed by atoms with van der Waals surface area (Å²) >= 11 is 24.0. The van der Waals surface area contributed by atoms with E-state index >= 15 is 0 Å². The first-order chi connectivity index (χ1) is 16.8. The highest BCUT2D eigenvalue weighted by Crippen LogP contribution is 2.28. The molecule has 190 valence electrons. The van der Waals surface area contributed by atoms with Gasteiger partial charge in [-0.1, -0.05) is 46.4 Å². The standard InChI is InChI=1S/C25H28Cl4N2O4/c26-18-6-8-22(20(28)16-18)34-14-1-4-24(32)30-10-3-11-31(13-12-30)25(33)5-2-15-35-23-9-7-19(27)17-21(23)29/h6-9,16-17H,1-5,10-15H2. The van der Waals surface area contributed by atoms with Gasteiger partial charge >= 0.3 is 0 Å². The Kier molecular flexibility index (Phi) is 11.1. The minimum absolute atomic E-state index is 0.0679. The highest BCUT2D eigenvalue weighted by molar-refractivity contribution is 6.36. The number of nitrogens with zero attached hydrogens (tertiary/aromatic N) is 2. The summed E-state index contributed by atoms with van der Waals surface area (Å²) < 4.78 is 11.3. The van der Waals surface area contributed by atoms with E-state index in [0.29, 0.717) is 96.7 Å². The fraction of sp³-hybridized carbons (Fsp3) is 0.440. The molecular formula is C25H28Cl4N2O4. The molecule has 0 aliphatic carbocycles. The second kappa shape index (κ2) is 14.0. The SMILES string of the molecule is O=C(CCCOc1ccc(Cl)cc1Cl)N1CCCN(C(=O)CCCOc2ccc(Cl)cc2Cl)CC1. The van der Waals surface area contributed by atoms with Crippen LogP contribution in [0.3, 0.4) is 0 Å². The molecule has 1 saturated heterocycles. The summed E-state index contributed by atoms with van der Waals surface area (Å²) in [5, 5.41) is 1.98. The highest BCUT2D eigenvalue weighted by atomic mass is 35.5. The normalized spacial score (nSPS) is 13.9. The maximum atomic E-state index is 12.6. The molecule has 0 saturated carbocycles. The lowest BCUT2D eigenvalue weighted by Crippen LogP contribution is -2.37. The largest absolute Gasteiger partial charge is 0.492 e. The van der Waals surface area contributed by atoms with Gasteiger partial charge in [-0.25, -0.2) is 0 Å². The molecule has 1 fully saturated rings. The summed E-state index contributed by atoms with van der Waals surface area (Å²) in [6.45, 7) is 3.12. The van der Waals surface area contributed by atoms with E-state index in [1.54, 1.807) is 36.4 Å². The van der Waals surface area contributed by atoms with E-state index in [1.165, 1.54) is 0 Å². The third-order valence-electron chi connectivity index (χ3n) is 5.57. The van der Waals surface area contributed by atoms with E-state index in [9.17, 15) is 9.59 Å². The predicted molar refractivity (Wildman–Crippen MR) is 140 cm³/mol. The molecule has 2 aromatic carbocycles. The maximum Gasteiger partial charge on any atom is 0.222 e. The van der Waals surface area contributed by atoms with Crippen LogP contribution in [-0.2, 0) is 9.59 Å². The van der Waals surface area contributed by atoms with Gasteiger partial charge in [0.05, 0.1) is 23.3 Å². The van der Waals surface area contributed by atoms with E-state index < -0.39 is 0 Å². The van der Waals surface area contributed by atoms with Gasteiger partial charge in [0.15, 0.2) is 0 Å². The summed E-state index contributed by atoms with van der Waals surface area (Å²) in [5.74, 6) is 1.24. The average molecular weight is 562 g/mol. The molecule has 1 aliphatic rings. The maximum absolute atomic E-state index is 12.6. The molecule has 3 rings (SSSR count). The molecule has 0 atom stereocenters. The van der Waals surface area contributed by atoms with Crippen LogP contribution >= 0.6 is 46.4 Å². The summed E-state index contributed by atoms with van der Waals surface area (Å²) in [7, 11) is 0. The Labute approximate surface area is 226 Å². The van der Waals surface area contributed by atoms with E-state index in [4.69, 9.17) is 55.9 Å². The van der Waals surface area contributed by atoms with Gasteiger partial charge in [-0.2, -0.15) is 0 Å². The summed E-state index contributed by atoms with van der Waals surface area (Å²) in [4.78, 5) is 28.9. The van der Waals surface area contributed by atoms with Crippen molar-refractivity contribution in [3.05, 3.63) is 56.5 Å². The molecule has 0 aromatic heterocycles. The van der Waals surface area contributed by atoms with Crippen LogP contribution in [0, 0.1) is 0 Å². The van der Waals surface area contributed by atoms with Crippen molar-refractivity contribution in [3.8, 4) is 11.5 Å². The van der Waals surface area contributed by atoms with Gasteiger partial charge in [0, 0.05) is 49.1 Å². The molecule has 10 heteroatoms. The molecule has 35 heavy (non-hydrogen) atoms. The first-order valence-corrected chi connectivity index (χ1v) is 13.1. The number of hydrogen-bond donors (Lipinski definition) is 0. The van der Waals surface area contributed by atoms with E-state index in [-0.39, 0.29) is 11.8 Å². The number of rotatable bonds is 10. The first-order valence-electron chi connectivity index (χ1n) is 11.5. The van der Waals surface area contributed by atoms with Crippen molar-refractivity contribution < 1.29 is 19.1 Å². The molecule has 0 bridgehead atoms. The van der Waals surface area contributed by atoms with Gasteiger partial charge in [-0.05, 0) is 55.7 Å². The minimum Gasteiger partial charge on any atom is -0.492 e. The van der Waals surface area contributed by atoms with Gasteiger partial charge in [0.25, 0.3) is 0 Å². The number of amides is 2. The van der Waals surface area contributed by atoms with Gasteiger partial charge in [-0.15, -0.1) is 0 Å². The smallest absolute Gasteiger partial charge is 0.222 e. The van der Waals surface area contributed by atoms with E-state index in [1.807, 2.05) is 9.80 Å². The molecule has 1 aliphatic heterocycles. The minimum atomic E-state index is 0.0679.